The van der Waals surface area contributed by atoms with Gasteiger partial charge < -0.3 is 4.90 Å². The normalized spacial score (nSPS) is 33.5. The van der Waals surface area contributed by atoms with Gasteiger partial charge >= 0.3 is 0 Å². The molecule has 0 aromatic rings. The van der Waals surface area contributed by atoms with Gasteiger partial charge in [-0.15, -0.1) is 0 Å². The summed E-state index contributed by atoms with van der Waals surface area (Å²) in [6.45, 7) is 0.539. The highest BCUT2D eigenvalue weighted by Gasteiger charge is 2.39. The van der Waals surface area contributed by atoms with Crippen LogP contribution in [0.15, 0.2) is 0 Å². The average molecular weight is 140 g/mol. The molecule has 1 aliphatic heterocycles. The third kappa shape index (κ3) is 0.814. The van der Waals surface area contributed by atoms with Crippen molar-refractivity contribution in [3.05, 3.63) is 0 Å². The third-order valence-electron chi connectivity index (χ3n) is 2.34. The number of rotatable bonds is 1. The van der Waals surface area contributed by atoms with Crippen LogP contribution in [0.4, 0.5) is 0 Å². The molecule has 0 aromatic heterocycles. The number of nitrogens with zero attached hydrogens (tertiary/aromatic N) is 1. The smallest absolute Gasteiger partial charge is 0.237 e. The monoisotopic (exact) mass is 140 g/mol. The van der Waals surface area contributed by atoms with Gasteiger partial charge in [0.2, 0.25) is 5.91 Å². The van der Waals surface area contributed by atoms with E-state index in [1.54, 1.807) is 0 Å². The molecule has 1 N–H and O–H groups in total. The average Bonchev–Trinajstić information content (AvgIpc) is 2.67. The Kier molecular flexibility index (Phi) is 1.20. The Labute approximate surface area is 60.4 Å². The first-order valence-corrected chi connectivity index (χ1v) is 3.78. The topological polar surface area (TPSA) is 32.3 Å². The van der Waals surface area contributed by atoms with Crippen molar-refractivity contribution in [2.45, 2.75) is 19.0 Å². The Hall–Kier alpha value is -0.570. The molecule has 0 bridgehead atoms. The molecule has 1 aliphatic carbocycles. The minimum absolute atomic E-state index is 0.233. The summed E-state index contributed by atoms with van der Waals surface area (Å²) in [6, 6.07) is 0. The molecule has 2 fully saturated rings. The van der Waals surface area contributed by atoms with Gasteiger partial charge in [0.15, 0.2) is 0 Å². The van der Waals surface area contributed by atoms with E-state index in [1.807, 2.05) is 11.9 Å². The summed E-state index contributed by atoms with van der Waals surface area (Å²) < 4.78 is 0. The second-order valence-electron chi connectivity index (χ2n) is 3.17. The zero-order chi connectivity index (χ0) is 7.14. The van der Waals surface area contributed by atoms with E-state index in [4.69, 9.17) is 0 Å². The van der Waals surface area contributed by atoms with Crippen molar-refractivity contribution in [2.24, 2.45) is 5.92 Å². The summed E-state index contributed by atoms with van der Waals surface area (Å²) in [5.74, 6) is 0.980. The number of carbonyl (C=O) groups is 1. The van der Waals surface area contributed by atoms with Gasteiger partial charge in [0.25, 0.3) is 0 Å². The van der Waals surface area contributed by atoms with Crippen molar-refractivity contribution >= 4 is 5.91 Å². The lowest BCUT2D eigenvalue weighted by Crippen LogP contribution is -2.35. The summed E-state index contributed by atoms with van der Waals surface area (Å²) in [7, 11) is 1.88. The first-order valence-electron chi connectivity index (χ1n) is 3.78. The molecule has 1 amide bonds. The minimum Gasteiger partial charge on any atom is -0.329 e. The van der Waals surface area contributed by atoms with Crippen LogP contribution < -0.4 is 5.32 Å². The van der Waals surface area contributed by atoms with Crippen molar-refractivity contribution in [1.29, 1.82) is 0 Å². The van der Waals surface area contributed by atoms with Crippen LogP contribution in [-0.4, -0.2) is 30.6 Å². The molecule has 1 atom stereocenters. The summed E-state index contributed by atoms with van der Waals surface area (Å²) in [5.41, 5.74) is 0. The highest BCUT2D eigenvalue weighted by Crippen LogP contribution is 2.34. The summed E-state index contributed by atoms with van der Waals surface area (Å²) in [6.07, 6.45) is 2.93. The van der Waals surface area contributed by atoms with Gasteiger partial charge in [-0.1, -0.05) is 0 Å². The standard InChI is InChI=1S/C7H12N2O/c1-9-6(10)4-8-7(9)5-2-3-5/h5,7-8H,2-4H2,1H3. The van der Waals surface area contributed by atoms with E-state index in [0.717, 1.165) is 5.92 Å². The molecule has 0 spiro atoms. The zero-order valence-electron chi connectivity index (χ0n) is 6.13. The van der Waals surface area contributed by atoms with E-state index < -0.39 is 0 Å². The first kappa shape index (κ1) is 6.16. The lowest BCUT2D eigenvalue weighted by Gasteiger charge is -2.18. The van der Waals surface area contributed by atoms with Gasteiger partial charge in [0, 0.05) is 7.05 Å². The van der Waals surface area contributed by atoms with Crippen molar-refractivity contribution in [2.75, 3.05) is 13.6 Å². The fraction of sp³-hybridized carbons (Fsp3) is 0.857. The Balaban J connectivity index is 2.03. The Morgan fingerprint density at radius 2 is 2.30 bits per heavy atom. The maximum Gasteiger partial charge on any atom is 0.237 e. The van der Waals surface area contributed by atoms with Gasteiger partial charge in [-0.25, -0.2) is 0 Å². The largest absolute Gasteiger partial charge is 0.329 e. The molecule has 1 unspecified atom stereocenters. The van der Waals surface area contributed by atoms with Crippen LogP contribution >= 0.6 is 0 Å². The molecule has 1 heterocycles. The predicted octanol–water partition coefficient (Wildman–Crippen LogP) is -0.216. The fourth-order valence-corrected chi connectivity index (χ4v) is 1.50. The van der Waals surface area contributed by atoms with E-state index in [0.29, 0.717) is 12.7 Å². The van der Waals surface area contributed by atoms with Crippen molar-refractivity contribution < 1.29 is 4.79 Å². The lowest BCUT2D eigenvalue weighted by molar-refractivity contribution is -0.126. The van der Waals surface area contributed by atoms with Crippen molar-refractivity contribution in [1.82, 2.24) is 10.2 Å². The van der Waals surface area contributed by atoms with E-state index in [2.05, 4.69) is 5.32 Å². The maximum absolute atomic E-state index is 11.0. The Morgan fingerprint density at radius 3 is 2.70 bits per heavy atom. The Morgan fingerprint density at radius 1 is 1.60 bits per heavy atom. The van der Waals surface area contributed by atoms with Gasteiger partial charge in [-0.3, -0.25) is 10.1 Å². The van der Waals surface area contributed by atoms with Crippen LogP contribution in [0.1, 0.15) is 12.8 Å². The van der Waals surface area contributed by atoms with Crippen molar-refractivity contribution in [3.63, 3.8) is 0 Å². The van der Waals surface area contributed by atoms with Gasteiger partial charge in [0.05, 0.1) is 12.7 Å². The molecule has 10 heavy (non-hydrogen) atoms. The van der Waals surface area contributed by atoms with E-state index >= 15 is 0 Å². The van der Waals surface area contributed by atoms with E-state index in [-0.39, 0.29) is 5.91 Å². The molecular weight excluding hydrogens is 128 g/mol. The van der Waals surface area contributed by atoms with E-state index in [9.17, 15) is 4.79 Å². The molecule has 2 aliphatic rings. The highest BCUT2D eigenvalue weighted by atomic mass is 16.2. The number of amides is 1. The molecule has 56 valence electrons. The quantitative estimate of drug-likeness (QED) is 0.546. The first-order chi connectivity index (χ1) is 4.79. The summed E-state index contributed by atoms with van der Waals surface area (Å²) >= 11 is 0. The second kappa shape index (κ2) is 1.95. The fourth-order valence-electron chi connectivity index (χ4n) is 1.50. The minimum atomic E-state index is 0.233. The molecule has 2 rings (SSSR count). The SMILES string of the molecule is CN1C(=O)CNC1C1CC1. The van der Waals surface area contributed by atoms with Gasteiger partial charge in [-0.2, -0.15) is 0 Å². The lowest BCUT2D eigenvalue weighted by atomic mass is 10.3. The van der Waals surface area contributed by atoms with Crippen LogP contribution in [0.3, 0.4) is 0 Å². The van der Waals surface area contributed by atoms with Crippen LogP contribution in [0.5, 0.6) is 0 Å². The van der Waals surface area contributed by atoms with E-state index in [1.165, 1.54) is 12.8 Å². The molecule has 0 aromatic carbocycles. The molecule has 1 saturated heterocycles. The zero-order valence-corrected chi connectivity index (χ0v) is 6.13. The number of carbonyl (C=O) groups excluding carboxylic acids is 1. The van der Waals surface area contributed by atoms with Gasteiger partial charge in [0.1, 0.15) is 0 Å². The molecule has 3 heteroatoms. The summed E-state index contributed by atoms with van der Waals surface area (Å²) in [5, 5.41) is 3.19. The predicted molar refractivity (Wildman–Crippen MR) is 37.3 cm³/mol. The third-order valence-corrected chi connectivity index (χ3v) is 2.34. The Bertz CT molecular complexity index is 165. The van der Waals surface area contributed by atoms with Crippen molar-refractivity contribution in [3.8, 4) is 0 Å². The van der Waals surface area contributed by atoms with Gasteiger partial charge in [-0.05, 0) is 18.8 Å². The molecular formula is C7H12N2O. The van der Waals surface area contributed by atoms with Crippen LogP contribution in [0.25, 0.3) is 0 Å². The highest BCUT2D eigenvalue weighted by molar-refractivity contribution is 5.80. The number of hydrogen-bond donors (Lipinski definition) is 1. The summed E-state index contributed by atoms with van der Waals surface area (Å²) in [4.78, 5) is 12.8. The number of nitrogens with one attached hydrogen (secondary N) is 1. The van der Waals surface area contributed by atoms with Crippen LogP contribution in [0, 0.1) is 5.92 Å². The molecule has 1 saturated carbocycles. The number of hydrogen-bond acceptors (Lipinski definition) is 2. The number of likely N-dealkylation sites (N-methyl/N-ethyl adjacent to an activating group) is 1. The molecule has 0 radical (unpaired) electrons. The van der Waals surface area contributed by atoms with Crippen LogP contribution in [-0.2, 0) is 4.79 Å². The van der Waals surface area contributed by atoms with Crippen LogP contribution in [0.2, 0.25) is 0 Å². The maximum atomic E-state index is 11.0. The second-order valence-corrected chi connectivity index (χ2v) is 3.17. The molecule has 3 nitrogen and oxygen atoms in total.